The van der Waals surface area contributed by atoms with Gasteiger partial charge in [0.1, 0.15) is 0 Å². The van der Waals surface area contributed by atoms with Gasteiger partial charge in [-0.25, -0.2) is 13.1 Å². The first-order chi connectivity index (χ1) is 10.3. The number of halogens is 1. The molecule has 1 fully saturated rings. The lowest BCUT2D eigenvalue weighted by Crippen LogP contribution is -2.45. The fourth-order valence-electron chi connectivity index (χ4n) is 2.90. The van der Waals surface area contributed by atoms with E-state index in [0.29, 0.717) is 17.4 Å². The number of piperidine rings is 1. The largest absolute Gasteiger partial charge is 0.316 e. The molecule has 0 saturated carbocycles. The van der Waals surface area contributed by atoms with E-state index in [1.54, 1.807) is 12.1 Å². The zero-order valence-corrected chi connectivity index (χ0v) is 15.9. The predicted molar refractivity (Wildman–Crippen MR) is 97.6 cm³/mol. The third kappa shape index (κ3) is 6.07. The molecule has 1 aromatic rings. The lowest BCUT2D eigenvalue weighted by atomic mass is 9.83. The Bertz CT molecular complexity index is 579. The van der Waals surface area contributed by atoms with Crippen LogP contribution in [0.2, 0.25) is 0 Å². The number of nitrogens with one attached hydrogen (secondary N) is 2. The van der Waals surface area contributed by atoms with Crippen LogP contribution in [0.25, 0.3) is 0 Å². The molecule has 1 unspecified atom stereocenters. The first kappa shape index (κ1) is 20.4. The maximum Gasteiger partial charge on any atom is 0.240 e. The minimum Gasteiger partial charge on any atom is -0.316 e. The van der Waals surface area contributed by atoms with E-state index in [0.717, 1.165) is 32.4 Å². The quantitative estimate of drug-likeness (QED) is 0.819. The van der Waals surface area contributed by atoms with Gasteiger partial charge in [-0.1, -0.05) is 32.9 Å². The van der Waals surface area contributed by atoms with Gasteiger partial charge in [0.25, 0.3) is 0 Å². The summed E-state index contributed by atoms with van der Waals surface area (Å²) < 4.78 is 27.6. The minimum absolute atomic E-state index is 0. The predicted octanol–water partition coefficient (Wildman–Crippen LogP) is 2.97. The maximum absolute atomic E-state index is 12.4. The van der Waals surface area contributed by atoms with E-state index in [-0.39, 0.29) is 17.8 Å². The minimum atomic E-state index is -3.42. The molecular formula is C17H29ClN2O2S. The first-order valence-corrected chi connectivity index (χ1v) is 9.58. The van der Waals surface area contributed by atoms with Crippen LogP contribution < -0.4 is 10.0 Å². The van der Waals surface area contributed by atoms with Crippen LogP contribution in [0.15, 0.2) is 29.2 Å². The highest BCUT2D eigenvalue weighted by molar-refractivity contribution is 7.89. The summed E-state index contributed by atoms with van der Waals surface area (Å²) in [4.78, 5) is 0.354. The number of sulfonamides is 1. The molecule has 1 heterocycles. The summed E-state index contributed by atoms with van der Waals surface area (Å²) in [6, 6.07) is 7.25. The lowest BCUT2D eigenvalue weighted by Gasteiger charge is -2.34. The molecule has 2 N–H and O–H groups in total. The van der Waals surface area contributed by atoms with Crippen molar-refractivity contribution in [3.8, 4) is 0 Å². The van der Waals surface area contributed by atoms with Crippen LogP contribution in [0.1, 0.15) is 39.2 Å². The zero-order chi connectivity index (χ0) is 16.2. The molecule has 1 aliphatic heterocycles. The van der Waals surface area contributed by atoms with Gasteiger partial charge in [0, 0.05) is 13.1 Å². The molecule has 6 heteroatoms. The van der Waals surface area contributed by atoms with Crippen molar-refractivity contribution in [2.75, 3.05) is 19.6 Å². The number of benzene rings is 1. The highest BCUT2D eigenvalue weighted by atomic mass is 35.5. The van der Waals surface area contributed by atoms with Gasteiger partial charge in [-0.15, -0.1) is 12.4 Å². The molecule has 1 atom stereocenters. The van der Waals surface area contributed by atoms with Crippen LogP contribution in [-0.4, -0.2) is 28.1 Å². The molecule has 0 aromatic heterocycles. The summed E-state index contributed by atoms with van der Waals surface area (Å²) in [5.74, 6) is 0.569. The molecule has 0 aliphatic carbocycles. The summed E-state index contributed by atoms with van der Waals surface area (Å²) in [7, 11) is -3.42. The molecule has 4 nitrogen and oxygen atoms in total. The van der Waals surface area contributed by atoms with Gasteiger partial charge in [0.2, 0.25) is 10.0 Å². The second-order valence-electron chi connectivity index (χ2n) is 7.16. The van der Waals surface area contributed by atoms with E-state index < -0.39 is 10.0 Å². The monoisotopic (exact) mass is 360 g/mol. The van der Waals surface area contributed by atoms with Crippen molar-refractivity contribution in [1.82, 2.24) is 10.0 Å². The Hall–Kier alpha value is -0.620. The Morgan fingerprint density at radius 1 is 1.26 bits per heavy atom. The van der Waals surface area contributed by atoms with Gasteiger partial charge >= 0.3 is 0 Å². The van der Waals surface area contributed by atoms with Crippen molar-refractivity contribution in [2.45, 2.75) is 44.9 Å². The Kier molecular flexibility index (Phi) is 7.52. The summed E-state index contributed by atoms with van der Waals surface area (Å²) in [6.45, 7) is 8.82. The van der Waals surface area contributed by atoms with Crippen LogP contribution in [-0.2, 0) is 16.4 Å². The first-order valence-electron chi connectivity index (χ1n) is 8.10. The van der Waals surface area contributed by atoms with Crippen molar-refractivity contribution in [1.29, 1.82) is 0 Å². The molecule has 23 heavy (non-hydrogen) atoms. The van der Waals surface area contributed by atoms with E-state index in [9.17, 15) is 8.42 Å². The third-order valence-electron chi connectivity index (χ3n) is 4.25. The fourth-order valence-corrected chi connectivity index (χ4v) is 4.10. The summed E-state index contributed by atoms with van der Waals surface area (Å²) in [5.41, 5.74) is 1.18. The highest BCUT2D eigenvalue weighted by Gasteiger charge is 2.28. The molecule has 0 bridgehead atoms. The topological polar surface area (TPSA) is 58.2 Å². The van der Waals surface area contributed by atoms with Crippen molar-refractivity contribution in [3.63, 3.8) is 0 Å². The molecule has 0 spiro atoms. The fraction of sp³-hybridized carbons (Fsp3) is 0.647. The average Bonchev–Trinajstić information content (AvgIpc) is 2.46. The Labute approximate surface area is 146 Å². The second kappa shape index (κ2) is 8.47. The van der Waals surface area contributed by atoms with Crippen molar-refractivity contribution < 1.29 is 8.42 Å². The van der Waals surface area contributed by atoms with Crippen molar-refractivity contribution in [3.05, 3.63) is 29.8 Å². The smallest absolute Gasteiger partial charge is 0.240 e. The third-order valence-corrected chi connectivity index (χ3v) is 5.67. The second-order valence-corrected chi connectivity index (χ2v) is 8.92. The normalized spacial score (nSPS) is 21.9. The van der Waals surface area contributed by atoms with E-state index in [1.165, 1.54) is 5.56 Å². The van der Waals surface area contributed by atoms with Crippen LogP contribution in [0.3, 0.4) is 0 Å². The number of rotatable bonds is 6. The Morgan fingerprint density at radius 2 is 1.91 bits per heavy atom. The lowest BCUT2D eigenvalue weighted by molar-refractivity contribution is 0.238. The Balaban J connectivity index is 0.00000264. The van der Waals surface area contributed by atoms with Crippen LogP contribution in [0.5, 0.6) is 0 Å². The molecule has 0 radical (unpaired) electrons. The van der Waals surface area contributed by atoms with Crippen LogP contribution in [0.4, 0.5) is 0 Å². The number of hydrogen-bond acceptors (Lipinski definition) is 3. The molecule has 1 aromatic carbocycles. The van der Waals surface area contributed by atoms with Gasteiger partial charge in [0.05, 0.1) is 4.90 Å². The average molecular weight is 361 g/mol. The Morgan fingerprint density at radius 3 is 2.43 bits per heavy atom. The van der Waals surface area contributed by atoms with E-state index >= 15 is 0 Å². The van der Waals surface area contributed by atoms with Gasteiger partial charge in [0.15, 0.2) is 0 Å². The number of hydrogen-bond donors (Lipinski definition) is 2. The molecule has 1 saturated heterocycles. The molecule has 2 rings (SSSR count). The standard InChI is InChI=1S/C17H28N2O2S.ClH/c1-14(2)11-15-5-7-16(8-6-15)22(20,21)19-13-17(3)9-4-10-18-12-17;/h5-8,14,18-19H,4,9-13H2,1-3H3;1H. The SMILES string of the molecule is CC(C)Cc1ccc(S(=O)(=O)NCC2(C)CCCNC2)cc1.Cl. The van der Waals surface area contributed by atoms with E-state index in [2.05, 4.69) is 30.8 Å². The highest BCUT2D eigenvalue weighted by Crippen LogP contribution is 2.25. The molecule has 1 aliphatic rings. The van der Waals surface area contributed by atoms with Gasteiger partial charge in [-0.3, -0.25) is 0 Å². The van der Waals surface area contributed by atoms with Crippen molar-refractivity contribution >= 4 is 22.4 Å². The maximum atomic E-state index is 12.4. The van der Waals surface area contributed by atoms with E-state index in [1.807, 2.05) is 12.1 Å². The summed E-state index contributed by atoms with van der Waals surface area (Å²) in [6.07, 6.45) is 3.12. The summed E-state index contributed by atoms with van der Waals surface area (Å²) in [5, 5.41) is 3.34. The van der Waals surface area contributed by atoms with E-state index in [4.69, 9.17) is 0 Å². The van der Waals surface area contributed by atoms with Crippen LogP contribution >= 0.6 is 12.4 Å². The molecular weight excluding hydrogens is 332 g/mol. The van der Waals surface area contributed by atoms with Crippen molar-refractivity contribution in [2.24, 2.45) is 11.3 Å². The van der Waals surface area contributed by atoms with Gasteiger partial charge in [-0.2, -0.15) is 0 Å². The zero-order valence-electron chi connectivity index (χ0n) is 14.3. The van der Waals surface area contributed by atoms with Crippen LogP contribution in [0, 0.1) is 11.3 Å². The summed E-state index contributed by atoms with van der Waals surface area (Å²) >= 11 is 0. The molecule has 0 amide bonds. The van der Waals surface area contributed by atoms with Gasteiger partial charge < -0.3 is 5.32 Å². The molecule has 132 valence electrons. The van der Waals surface area contributed by atoms with Gasteiger partial charge in [-0.05, 0) is 54.8 Å².